The molecule has 4 aromatic carbocycles. The molecule has 0 aliphatic heterocycles. The third kappa shape index (κ3) is 4.16. The summed E-state index contributed by atoms with van der Waals surface area (Å²) in [4.78, 5) is 2.24. The van der Waals surface area contributed by atoms with Crippen LogP contribution in [0.3, 0.4) is 0 Å². The molecule has 0 unspecified atom stereocenters. The van der Waals surface area contributed by atoms with E-state index in [1.807, 2.05) is 18.2 Å². The highest BCUT2D eigenvalue weighted by atomic mass is 79.9. The van der Waals surface area contributed by atoms with Gasteiger partial charge in [0, 0.05) is 18.4 Å². The van der Waals surface area contributed by atoms with Crippen LogP contribution in [0.5, 0.6) is 0 Å². The summed E-state index contributed by atoms with van der Waals surface area (Å²) < 4.78 is 0. The average molecular weight is 462 g/mol. The topological polar surface area (TPSA) is 43.7 Å². The van der Waals surface area contributed by atoms with Gasteiger partial charge in [-0.2, -0.15) is 0 Å². The third-order valence-corrected chi connectivity index (χ3v) is 6.10. The number of fused-ring (bicyclic) bond motifs is 2. The van der Waals surface area contributed by atoms with E-state index in [1.54, 1.807) is 6.07 Å². The molecule has 0 fully saturated rings. The van der Waals surface area contributed by atoms with E-state index >= 15 is 0 Å². The van der Waals surface area contributed by atoms with E-state index < -0.39 is 7.12 Å². The Labute approximate surface area is 186 Å². The van der Waals surface area contributed by atoms with Crippen LogP contribution in [0.4, 0.5) is 0 Å². The fourth-order valence-electron chi connectivity index (χ4n) is 4.39. The van der Waals surface area contributed by atoms with Crippen molar-refractivity contribution in [1.29, 1.82) is 0 Å². The van der Waals surface area contributed by atoms with E-state index in [1.165, 1.54) is 32.7 Å². The molecule has 0 aliphatic carbocycles. The molecule has 4 rings (SSSR count). The predicted octanol–water partition coefficient (Wildman–Crippen LogP) is 4.24. The summed E-state index contributed by atoms with van der Waals surface area (Å²) in [5, 5.41) is 25.5. The average Bonchev–Trinajstić information content (AvgIpc) is 2.76. The van der Waals surface area contributed by atoms with E-state index in [2.05, 4.69) is 76.4 Å². The quantitative estimate of drug-likeness (QED) is 0.246. The van der Waals surface area contributed by atoms with Gasteiger partial charge in [0.1, 0.15) is 0 Å². The maximum absolute atomic E-state index is 9.70. The number of hydrogen-bond acceptors (Lipinski definition) is 3. The molecule has 0 atom stereocenters. The Morgan fingerprint density at radius 3 is 1.77 bits per heavy atom. The number of nitrogens with zero attached hydrogens (tertiary/aromatic N) is 1. The van der Waals surface area contributed by atoms with Gasteiger partial charge in [0.05, 0.1) is 0 Å². The van der Waals surface area contributed by atoms with Gasteiger partial charge in [-0.3, -0.25) is 4.90 Å². The van der Waals surface area contributed by atoms with Crippen LogP contribution in [-0.4, -0.2) is 34.4 Å². The summed E-state index contributed by atoms with van der Waals surface area (Å²) >= 11 is 3.62. The first-order valence-electron chi connectivity index (χ1n) is 10.2. The number of hydrogen-bond donors (Lipinski definition) is 2. The van der Waals surface area contributed by atoms with Gasteiger partial charge in [0.2, 0.25) is 0 Å². The molecule has 0 saturated carbocycles. The van der Waals surface area contributed by atoms with Crippen LogP contribution in [0.2, 0.25) is 0 Å². The fraction of sp³-hybridized carbons (Fsp3) is 0.200. The summed E-state index contributed by atoms with van der Waals surface area (Å²) in [5.74, 6) is 0. The first-order valence-corrected chi connectivity index (χ1v) is 11.3. The van der Waals surface area contributed by atoms with Crippen molar-refractivity contribution < 1.29 is 10.0 Å². The van der Waals surface area contributed by atoms with Crippen molar-refractivity contribution in [3.8, 4) is 0 Å². The number of rotatable bonds is 7. The van der Waals surface area contributed by atoms with E-state index in [4.69, 9.17) is 0 Å². The summed E-state index contributed by atoms with van der Waals surface area (Å²) in [6, 6.07) is 24.8. The highest BCUT2D eigenvalue weighted by Gasteiger charge is 2.18. The van der Waals surface area contributed by atoms with E-state index in [-0.39, 0.29) is 0 Å². The Hall–Kier alpha value is -2.18. The van der Waals surface area contributed by atoms with Crippen molar-refractivity contribution in [2.45, 2.75) is 19.5 Å². The second-order valence-corrected chi connectivity index (χ2v) is 8.53. The van der Waals surface area contributed by atoms with Gasteiger partial charge in [-0.05, 0) is 57.2 Å². The summed E-state index contributed by atoms with van der Waals surface area (Å²) in [5.41, 5.74) is 4.19. The standard InChI is InChI=1S/C25H25BBrNO2/c1-28(16-18-8-2-7-13-25(18)26(29)30)17-24-21-11-5-3-9-19(21)23(14-15-27)20-10-4-6-12-22(20)24/h2-13,29-30H,14-17H2,1H3. The molecule has 0 heterocycles. The van der Waals surface area contributed by atoms with Crippen molar-refractivity contribution in [3.63, 3.8) is 0 Å². The van der Waals surface area contributed by atoms with Gasteiger partial charge in [0.15, 0.2) is 0 Å². The Kier molecular flexibility index (Phi) is 6.54. The summed E-state index contributed by atoms with van der Waals surface area (Å²) in [6.07, 6.45) is 0.985. The van der Waals surface area contributed by atoms with Gasteiger partial charge in [-0.1, -0.05) is 88.7 Å². The minimum atomic E-state index is -1.46. The van der Waals surface area contributed by atoms with Crippen LogP contribution >= 0.6 is 15.9 Å². The minimum absolute atomic E-state index is 0.562. The zero-order chi connectivity index (χ0) is 21.1. The fourth-order valence-corrected chi connectivity index (χ4v) is 4.79. The van der Waals surface area contributed by atoms with Crippen LogP contribution in [0, 0.1) is 0 Å². The molecule has 3 nitrogen and oxygen atoms in total. The van der Waals surface area contributed by atoms with Crippen LogP contribution in [0.15, 0.2) is 72.8 Å². The lowest BCUT2D eigenvalue weighted by Crippen LogP contribution is -2.35. The molecule has 0 spiro atoms. The molecule has 0 aromatic heterocycles. The zero-order valence-corrected chi connectivity index (χ0v) is 18.6. The molecular weight excluding hydrogens is 437 g/mol. The molecule has 0 bridgehead atoms. The molecule has 0 aliphatic rings. The third-order valence-electron chi connectivity index (χ3n) is 5.70. The van der Waals surface area contributed by atoms with Crippen molar-refractivity contribution in [2.75, 3.05) is 12.4 Å². The molecular formula is C25H25BBrNO2. The largest absolute Gasteiger partial charge is 0.488 e. The lowest BCUT2D eigenvalue weighted by Gasteiger charge is -2.22. The molecule has 2 N–H and O–H groups in total. The summed E-state index contributed by atoms with van der Waals surface area (Å²) in [7, 11) is 0.621. The molecule has 0 radical (unpaired) electrons. The molecule has 30 heavy (non-hydrogen) atoms. The van der Waals surface area contributed by atoms with Gasteiger partial charge in [-0.25, -0.2) is 0 Å². The van der Waals surface area contributed by atoms with Crippen molar-refractivity contribution >= 4 is 50.1 Å². The molecule has 152 valence electrons. The van der Waals surface area contributed by atoms with Crippen molar-refractivity contribution in [3.05, 3.63) is 89.5 Å². The van der Waals surface area contributed by atoms with Crippen LogP contribution in [0.1, 0.15) is 16.7 Å². The number of alkyl halides is 1. The van der Waals surface area contributed by atoms with Gasteiger partial charge in [-0.15, -0.1) is 0 Å². The lowest BCUT2D eigenvalue weighted by molar-refractivity contribution is 0.321. The number of halogens is 1. The maximum Gasteiger partial charge on any atom is 0.488 e. The molecule has 4 aromatic rings. The first-order chi connectivity index (χ1) is 14.6. The highest BCUT2D eigenvalue weighted by molar-refractivity contribution is 9.09. The van der Waals surface area contributed by atoms with Crippen LogP contribution in [-0.2, 0) is 19.5 Å². The van der Waals surface area contributed by atoms with Gasteiger partial charge < -0.3 is 10.0 Å². The second-order valence-electron chi connectivity index (χ2n) is 7.73. The van der Waals surface area contributed by atoms with Gasteiger partial charge in [0.25, 0.3) is 0 Å². The SMILES string of the molecule is CN(Cc1ccccc1B(O)O)Cc1c2ccccc2c(CCBr)c2ccccc12. The minimum Gasteiger partial charge on any atom is -0.423 e. The first kappa shape index (κ1) is 21.1. The van der Waals surface area contributed by atoms with E-state index in [0.29, 0.717) is 12.0 Å². The van der Waals surface area contributed by atoms with Crippen LogP contribution < -0.4 is 5.46 Å². The van der Waals surface area contributed by atoms with Crippen molar-refractivity contribution in [2.24, 2.45) is 0 Å². The van der Waals surface area contributed by atoms with E-state index in [9.17, 15) is 10.0 Å². The number of benzene rings is 4. The molecule has 0 amide bonds. The number of aryl methyl sites for hydroxylation is 1. The normalized spacial score (nSPS) is 11.5. The monoisotopic (exact) mass is 461 g/mol. The highest BCUT2D eigenvalue weighted by Crippen LogP contribution is 2.34. The zero-order valence-electron chi connectivity index (χ0n) is 17.1. The van der Waals surface area contributed by atoms with E-state index in [0.717, 1.165) is 23.9 Å². The predicted molar refractivity (Wildman–Crippen MR) is 130 cm³/mol. The molecule has 0 saturated heterocycles. The lowest BCUT2D eigenvalue weighted by atomic mass is 9.77. The second kappa shape index (κ2) is 9.31. The van der Waals surface area contributed by atoms with Gasteiger partial charge >= 0.3 is 7.12 Å². The smallest absolute Gasteiger partial charge is 0.423 e. The summed E-state index contributed by atoms with van der Waals surface area (Å²) in [6.45, 7) is 1.41. The Bertz CT molecular complexity index is 1120. The molecule has 5 heteroatoms. The van der Waals surface area contributed by atoms with Crippen LogP contribution in [0.25, 0.3) is 21.5 Å². The maximum atomic E-state index is 9.70. The Balaban J connectivity index is 1.78. The Morgan fingerprint density at radius 2 is 1.23 bits per heavy atom. The van der Waals surface area contributed by atoms with Crippen molar-refractivity contribution in [1.82, 2.24) is 4.90 Å². The Morgan fingerprint density at radius 1 is 0.733 bits per heavy atom.